The number of hydrogen-bond acceptors (Lipinski definition) is 7. The fraction of sp³-hybridized carbons (Fsp3) is 0.478. The number of nitrogens with one attached hydrogen (secondary N) is 1. The molecule has 0 saturated heterocycles. The number of aromatic nitrogens is 1. The summed E-state index contributed by atoms with van der Waals surface area (Å²) in [5.41, 5.74) is 1.54. The largest absolute Gasteiger partial charge is 0.465 e. The molecule has 0 bridgehead atoms. The highest BCUT2D eigenvalue weighted by Crippen LogP contribution is 2.44. The van der Waals surface area contributed by atoms with Crippen molar-refractivity contribution in [2.24, 2.45) is 11.3 Å². The normalized spacial score (nSPS) is 16.6. The zero-order valence-electron chi connectivity index (χ0n) is 18.8. The van der Waals surface area contributed by atoms with E-state index in [1.165, 1.54) is 37.6 Å². The second-order valence-corrected chi connectivity index (χ2v) is 10.3. The number of pyridine rings is 1. The number of carbonyl (C=O) groups excluding carboxylic acids is 3. The first-order chi connectivity index (χ1) is 15.0. The Morgan fingerprint density at radius 3 is 2.62 bits per heavy atom. The van der Waals surface area contributed by atoms with Crippen molar-refractivity contribution < 1.29 is 23.9 Å². The van der Waals surface area contributed by atoms with Crippen LogP contribution in [0, 0.1) is 11.3 Å². The Kier molecular flexibility index (Phi) is 7.25. The fourth-order valence-electron chi connectivity index (χ4n) is 3.76. The third kappa shape index (κ3) is 5.13. The number of fused-ring (bicyclic) bond motifs is 1. The Morgan fingerprint density at radius 1 is 1.28 bits per heavy atom. The van der Waals surface area contributed by atoms with Gasteiger partial charge in [-0.3, -0.25) is 4.79 Å². The molecule has 7 nitrogen and oxygen atoms in total. The Bertz CT molecular complexity index is 1040. The fourth-order valence-corrected chi connectivity index (χ4v) is 5.28. The van der Waals surface area contributed by atoms with Crippen LogP contribution < -0.4 is 5.32 Å². The van der Waals surface area contributed by atoms with Gasteiger partial charge in [-0.2, -0.15) is 0 Å². The molecule has 0 fully saturated rings. The van der Waals surface area contributed by atoms with Gasteiger partial charge in [0.05, 0.1) is 18.2 Å². The molecule has 2 unspecified atom stereocenters. The molecular formula is C23H27ClN2O5S. The molecule has 3 rings (SSSR count). The van der Waals surface area contributed by atoms with Crippen LogP contribution in [-0.4, -0.2) is 36.0 Å². The number of ether oxygens (including phenoxy) is 2. The molecular weight excluding hydrogens is 452 g/mol. The van der Waals surface area contributed by atoms with Crippen LogP contribution >= 0.6 is 22.9 Å². The maximum absolute atomic E-state index is 12.8. The molecule has 0 radical (unpaired) electrons. The van der Waals surface area contributed by atoms with E-state index in [4.69, 9.17) is 21.1 Å². The van der Waals surface area contributed by atoms with Crippen molar-refractivity contribution in [2.45, 2.75) is 53.1 Å². The minimum atomic E-state index is -1.11. The first kappa shape index (κ1) is 24.2. The molecule has 2 atom stereocenters. The van der Waals surface area contributed by atoms with Gasteiger partial charge in [0.25, 0.3) is 5.91 Å². The van der Waals surface area contributed by atoms with Crippen molar-refractivity contribution in [3.63, 3.8) is 0 Å². The van der Waals surface area contributed by atoms with Gasteiger partial charge in [-0.1, -0.05) is 32.4 Å². The summed E-state index contributed by atoms with van der Waals surface area (Å²) < 4.78 is 10.2. The van der Waals surface area contributed by atoms with Gasteiger partial charge in [-0.25, -0.2) is 14.6 Å². The predicted octanol–water partition coefficient (Wildman–Crippen LogP) is 4.92. The van der Waals surface area contributed by atoms with Crippen LogP contribution in [0.25, 0.3) is 0 Å². The van der Waals surface area contributed by atoms with Gasteiger partial charge in [-0.05, 0) is 55.2 Å². The molecule has 0 spiro atoms. The van der Waals surface area contributed by atoms with E-state index in [9.17, 15) is 14.4 Å². The zero-order chi connectivity index (χ0) is 23.6. The second-order valence-electron chi connectivity index (χ2n) is 8.88. The predicted molar refractivity (Wildman–Crippen MR) is 123 cm³/mol. The molecule has 9 heteroatoms. The van der Waals surface area contributed by atoms with E-state index in [0.29, 0.717) is 16.5 Å². The minimum absolute atomic E-state index is 0.00239. The first-order valence-electron chi connectivity index (χ1n) is 10.4. The van der Waals surface area contributed by atoms with E-state index in [0.717, 1.165) is 29.7 Å². The van der Waals surface area contributed by atoms with Gasteiger partial charge in [0, 0.05) is 11.1 Å². The van der Waals surface area contributed by atoms with Crippen LogP contribution in [0.1, 0.15) is 65.3 Å². The molecule has 2 heterocycles. The van der Waals surface area contributed by atoms with Gasteiger partial charge in [-0.15, -0.1) is 11.3 Å². The standard InChI is InChI=1S/C23H27ClN2O5S/c1-12(31-21(28)15-7-6-10-25-18(15)24)19(27)26-20-17(22(29)30-5)14-9-8-13(23(2,3)4)11-16(14)32-20/h6-7,10,12-13H,8-9,11H2,1-5H3,(H,26,27). The van der Waals surface area contributed by atoms with Gasteiger partial charge in [0.15, 0.2) is 6.10 Å². The summed E-state index contributed by atoms with van der Waals surface area (Å²) >= 11 is 7.31. The van der Waals surface area contributed by atoms with Crippen LogP contribution in [0.15, 0.2) is 18.3 Å². The van der Waals surface area contributed by atoms with E-state index in [1.54, 1.807) is 6.07 Å². The molecule has 0 saturated carbocycles. The summed E-state index contributed by atoms with van der Waals surface area (Å²) in [7, 11) is 1.32. The van der Waals surface area contributed by atoms with Crippen molar-refractivity contribution in [3.05, 3.63) is 45.1 Å². The number of rotatable bonds is 5. The molecule has 0 aliphatic heterocycles. The number of carbonyl (C=O) groups is 3. The van der Waals surface area contributed by atoms with Crippen molar-refractivity contribution >= 4 is 45.8 Å². The number of hydrogen-bond donors (Lipinski definition) is 1. The summed E-state index contributed by atoms with van der Waals surface area (Å²) in [6, 6.07) is 3.02. The number of halogens is 1. The van der Waals surface area contributed by atoms with Crippen LogP contribution in [-0.2, 0) is 27.1 Å². The van der Waals surface area contributed by atoms with Crippen LogP contribution in [0.4, 0.5) is 5.00 Å². The zero-order valence-corrected chi connectivity index (χ0v) is 20.4. The Morgan fingerprint density at radius 2 is 2.00 bits per heavy atom. The quantitative estimate of drug-likeness (QED) is 0.484. The highest BCUT2D eigenvalue weighted by Gasteiger charge is 2.35. The van der Waals surface area contributed by atoms with Gasteiger partial charge < -0.3 is 14.8 Å². The highest BCUT2D eigenvalue weighted by molar-refractivity contribution is 7.17. The lowest BCUT2D eigenvalue weighted by Gasteiger charge is -2.33. The molecule has 0 aromatic carbocycles. The van der Waals surface area contributed by atoms with Gasteiger partial charge in [0.1, 0.15) is 10.2 Å². The average molecular weight is 479 g/mol. The Hall–Kier alpha value is -2.45. The number of nitrogens with zero attached hydrogens (tertiary/aromatic N) is 1. The van der Waals surface area contributed by atoms with E-state index in [-0.39, 0.29) is 16.1 Å². The highest BCUT2D eigenvalue weighted by atomic mass is 35.5. The molecule has 1 N–H and O–H groups in total. The monoisotopic (exact) mass is 478 g/mol. The molecule has 2 aromatic rings. The third-order valence-corrected chi connectivity index (χ3v) is 7.22. The molecule has 32 heavy (non-hydrogen) atoms. The van der Waals surface area contributed by atoms with Gasteiger partial charge in [0.2, 0.25) is 0 Å². The smallest absolute Gasteiger partial charge is 0.342 e. The van der Waals surface area contributed by atoms with Crippen molar-refractivity contribution in [1.29, 1.82) is 0 Å². The van der Waals surface area contributed by atoms with Crippen LogP contribution in [0.5, 0.6) is 0 Å². The molecule has 172 valence electrons. The number of anilines is 1. The maximum Gasteiger partial charge on any atom is 0.342 e. The lowest BCUT2D eigenvalue weighted by molar-refractivity contribution is -0.123. The summed E-state index contributed by atoms with van der Waals surface area (Å²) in [4.78, 5) is 42.6. The van der Waals surface area contributed by atoms with Gasteiger partial charge >= 0.3 is 11.9 Å². The van der Waals surface area contributed by atoms with Crippen LogP contribution in [0.3, 0.4) is 0 Å². The summed E-state index contributed by atoms with van der Waals surface area (Å²) in [5, 5.41) is 3.18. The lowest BCUT2D eigenvalue weighted by Crippen LogP contribution is -2.30. The van der Waals surface area contributed by atoms with Crippen molar-refractivity contribution in [3.8, 4) is 0 Å². The number of thiophene rings is 1. The van der Waals surface area contributed by atoms with Crippen molar-refractivity contribution in [1.82, 2.24) is 4.98 Å². The molecule has 2 aromatic heterocycles. The number of methoxy groups -OCH3 is 1. The van der Waals surface area contributed by atoms with E-state index >= 15 is 0 Å². The molecule has 1 aliphatic rings. The summed E-state index contributed by atoms with van der Waals surface area (Å²) in [6.45, 7) is 8.10. The lowest BCUT2D eigenvalue weighted by atomic mass is 9.72. The first-order valence-corrected chi connectivity index (χ1v) is 11.6. The minimum Gasteiger partial charge on any atom is -0.465 e. The van der Waals surface area contributed by atoms with Crippen molar-refractivity contribution in [2.75, 3.05) is 12.4 Å². The Labute approximate surface area is 196 Å². The van der Waals surface area contributed by atoms with Crippen LogP contribution in [0.2, 0.25) is 5.15 Å². The molecule has 1 aliphatic carbocycles. The maximum atomic E-state index is 12.8. The third-order valence-electron chi connectivity index (χ3n) is 5.75. The number of amides is 1. The second kappa shape index (κ2) is 9.58. The van der Waals surface area contributed by atoms with E-state index in [1.807, 2.05) is 0 Å². The summed E-state index contributed by atoms with van der Waals surface area (Å²) in [5.74, 6) is -1.31. The Balaban J connectivity index is 1.79. The summed E-state index contributed by atoms with van der Waals surface area (Å²) in [6.07, 6.45) is 2.90. The topological polar surface area (TPSA) is 94.6 Å². The number of esters is 2. The average Bonchev–Trinajstić information content (AvgIpc) is 3.09. The van der Waals surface area contributed by atoms with E-state index < -0.39 is 23.9 Å². The SMILES string of the molecule is COC(=O)c1c(NC(=O)C(C)OC(=O)c2cccnc2Cl)sc2c1CCC(C(C)(C)C)C2. The molecule has 1 amide bonds. The van der Waals surface area contributed by atoms with E-state index in [2.05, 4.69) is 31.1 Å².